The fourth-order valence-corrected chi connectivity index (χ4v) is 4.70. The van der Waals surface area contributed by atoms with Crippen LogP contribution in [0.1, 0.15) is 22.5 Å². The lowest BCUT2D eigenvalue weighted by molar-refractivity contribution is 0.0649. The van der Waals surface area contributed by atoms with Crippen LogP contribution in [0.3, 0.4) is 0 Å². The number of hydrogen-bond acceptors (Lipinski definition) is 7. The number of aromatic amines is 1. The Balaban J connectivity index is 1.32. The number of carbonyl (C=O) groups excluding carboxylic acids is 1. The van der Waals surface area contributed by atoms with Gasteiger partial charge in [0.05, 0.1) is 0 Å². The topological polar surface area (TPSA) is 98.4 Å². The maximum Gasteiger partial charge on any atom is 0.263 e. The Morgan fingerprint density at radius 1 is 1.05 bits per heavy atom. The number of piperazine rings is 1. The van der Waals surface area contributed by atoms with Crippen LogP contribution in [0.5, 0.6) is 11.6 Å². The largest absolute Gasteiger partial charge is 0.435 e. The molecule has 0 atom stereocenters. The summed E-state index contributed by atoms with van der Waals surface area (Å²) in [7, 11) is 0. The van der Waals surface area contributed by atoms with Crippen molar-refractivity contribution in [2.24, 2.45) is 0 Å². The van der Waals surface area contributed by atoms with E-state index in [0.29, 0.717) is 29.8 Å². The van der Waals surface area contributed by atoms with Crippen molar-refractivity contribution in [3.05, 3.63) is 65.9 Å². The third-order valence-electron chi connectivity index (χ3n) is 6.83. The highest BCUT2D eigenvalue weighted by Crippen LogP contribution is 2.34. The molecule has 10 heteroatoms. The summed E-state index contributed by atoms with van der Waals surface area (Å²) in [5.74, 6) is -0.441. The molecule has 9 nitrogen and oxygen atoms in total. The van der Waals surface area contributed by atoms with Gasteiger partial charge in [-0.3, -0.25) is 4.79 Å². The highest BCUT2D eigenvalue weighted by molar-refractivity contribution is 6.02. The lowest BCUT2D eigenvalue weighted by Crippen LogP contribution is -2.43. The van der Waals surface area contributed by atoms with Crippen LogP contribution in [0.2, 0.25) is 0 Å². The fraction of sp³-hybridized carbons (Fsp3) is 0.296. The van der Waals surface area contributed by atoms with Crippen molar-refractivity contribution < 1.29 is 13.9 Å². The number of likely N-dealkylation sites (tertiary alicyclic amines) is 1. The minimum absolute atomic E-state index is 0.00539. The summed E-state index contributed by atoms with van der Waals surface area (Å²) in [5, 5.41) is 7.03. The number of carbonyl (C=O) groups is 1. The van der Waals surface area contributed by atoms with Crippen LogP contribution in [-0.2, 0) is 0 Å². The van der Waals surface area contributed by atoms with Gasteiger partial charge in [0.2, 0.25) is 5.88 Å². The Bertz CT molecular complexity index is 1440. The first-order valence-electron chi connectivity index (χ1n) is 12.5. The normalized spacial score (nSPS) is 15.5. The maximum atomic E-state index is 15.3. The predicted molar refractivity (Wildman–Crippen MR) is 140 cm³/mol. The second kappa shape index (κ2) is 9.70. The van der Waals surface area contributed by atoms with Gasteiger partial charge in [0.1, 0.15) is 11.9 Å². The molecule has 2 aromatic heterocycles. The van der Waals surface area contributed by atoms with Gasteiger partial charge in [-0.2, -0.15) is 0 Å². The highest BCUT2D eigenvalue weighted by atomic mass is 19.1. The van der Waals surface area contributed by atoms with Gasteiger partial charge in [-0.15, -0.1) is 0 Å². The van der Waals surface area contributed by atoms with Crippen LogP contribution in [0.15, 0.2) is 48.8 Å². The number of fused-ring (bicyclic) bond motifs is 1. The number of hydrogen-bond donors (Lipinski definition) is 3. The van der Waals surface area contributed by atoms with Gasteiger partial charge in [0.15, 0.2) is 17.4 Å². The average Bonchev–Trinajstić information content (AvgIpc) is 3.27. The van der Waals surface area contributed by atoms with Crippen molar-refractivity contribution in [1.82, 2.24) is 25.2 Å². The van der Waals surface area contributed by atoms with Gasteiger partial charge in [-0.05, 0) is 55.8 Å². The number of amides is 1. The summed E-state index contributed by atoms with van der Waals surface area (Å²) in [4.78, 5) is 29.2. The van der Waals surface area contributed by atoms with E-state index in [9.17, 15) is 4.79 Å². The number of ether oxygens (including phenoxy) is 1. The number of rotatable bonds is 6. The van der Waals surface area contributed by atoms with Crippen LogP contribution >= 0.6 is 0 Å². The number of anilines is 3. The molecular weight excluding hydrogens is 473 g/mol. The molecule has 2 fully saturated rings. The summed E-state index contributed by atoms with van der Waals surface area (Å²) in [6, 6.07) is 13.0. The molecule has 0 spiro atoms. The minimum Gasteiger partial charge on any atom is -0.435 e. The minimum atomic E-state index is -0.513. The molecule has 2 saturated heterocycles. The van der Waals surface area contributed by atoms with Crippen molar-refractivity contribution in [3.63, 3.8) is 0 Å². The van der Waals surface area contributed by atoms with Crippen molar-refractivity contribution in [2.45, 2.75) is 13.3 Å². The Hall–Kier alpha value is -4.18. The molecule has 0 radical (unpaired) electrons. The number of nitrogens with one attached hydrogen (secondary N) is 3. The van der Waals surface area contributed by atoms with Crippen LogP contribution in [0.25, 0.3) is 10.9 Å². The SMILES string of the molecule is Cc1cc2c(F)c(Oc3ncnc(Nc4ccc(N5CCNCC5)cc4)c3C(=O)N3CCC3)ccc2[nH]1. The summed E-state index contributed by atoms with van der Waals surface area (Å²) in [6.45, 7) is 7.00. The lowest BCUT2D eigenvalue weighted by atomic mass is 10.1. The first kappa shape index (κ1) is 23.2. The highest BCUT2D eigenvalue weighted by Gasteiger charge is 2.30. The van der Waals surface area contributed by atoms with Crippen molar-refractivity contribution in [1.29, 1.82) is 0 Å². The first-order valence-corrected chi connectivity index (χ1v) is 12.5. The molecule has 2 aliphatic rings. The van der Waals surface area contributed by atoms with Crippen LogP contribution < -0.4 is 20.3 Å². The summed E-state index contributed by atoms with van der Waals surface area (Å²) >= 11 is 0. The second-order valence-corrected chi connectivity index (χ2v) is 9.35. The van der Waals surface area contributed by atoms with Gasteiger partial charge in [0.25, 0.3) is 5.91 Å². The third kappa shape index (κ3) is 4.55. The molecule has 1 amide bonds. The number of aromatic nitrogens is 3. The summed E-state index contributed by atoms with van der Waals surface area (Å²) in [5.41, 5.74) is 3.61. The lowest BCUT2D eigenvalue weighted by Gasteiger charge is -2.31. The third-order valence-corrected chi connectivity index (χ3v) is 6.83. The van der Waals surface area contributed by atoms with E-state index in [4.69, 9.17) is 4.74 Å². The van der Waals surface area contributed by atoms with Gasteiger partial charge in [-0.25, -0.2) is 14.4 Å². The molecule has 190 valence electrons. The predicted octanol–water partition coefficient (Wildman–Crippen LogP) is 4.20. The maximum absolute atomic E-state index is 15.3. The van der Waals surface area contributed by atoms with E-state index in [-0.39, 0.29) is 23.1 Å². The van der Waals surface area contributed by atoms with Gasteiger partial charge in [0, 0.05) is 67.2 Å². The Kier molecular flexibility index (Phi) is 6.09. The Morgan fingerprint density at radius 3 is 2.57 bits per heavy atom. The number of benzene rings is 2. The quantitative estimate of drug-likeness (QED) is 0.364. The van der Waals surface area contributed by atoms with Gasteiger partial charge < -0.3 is 30.2 Å². The van der Waals surface area contributed by atoms with E-state index < -0.39 is 5.82 Å². The van der Waals surface area contributed by atoms with Crippen LogP contribution in [-0.4, -0.2) is 65.0 Å². The van der Waals surface area contributed by atoms with Gasteiger partial charge >= 0.3 is 0 Å². The molecule has 4 aromatic rings. The molecule has 4 heterocycles. The molecule has 3 N–H and O–H groups in total. The van der Waals surface area contributed by atoms with Crippen molar-refractivity contribution >= 4 is 34.0 Å². The molecule has 0 unspecified atom stereocenters. The van der Waals surface area contributed by atoms with Crippen molar-refractivity contribution in [2.75, 3.05) is 49.5 Å². The average molecular weight is 502 g/mol. The monoisotopic (exact) mass is 501 g/mol. The zero-order valence-corrected chi connectivity index (χ0v) is 20.6. The van der Waals surface area contributed by atoms with Crippen LogP contribution in [0.4, 0.5) is 21.6 Å². The molecule has 2 aromatic carbocycles. The van der Waals surface area contributed by atoms with Gasteiger partial charge in [-0.1, -0.05) is 0 Å². The Morgan fingerprint density at radius 2 is 1.84 bits per heavy atom. The zero-order chi connectivity index (χ0) is 25.4. The van der Waals surface area contributed by atoms with E-state index in [1.807, 2.05) is 31.2 Å². The second-order valence-electron chi connectivity index (χ2n) is 9.35. The number of nitrogens with zero attached hydrogens (tertiary/aromatic N) is 4. The molecule has 0 saturated carbocycles. The number of aryl methyl sites for hydroxylation is 1. The van der Waals surface area contributed by atoms with E-state index in [1.165, 1.54) is 12.4 Å². The van der Waals surface area contributed by atoms with E-state index in [2.05, 4.69) is 30.5 Å². The first-order chi connectivity index (χ1) is 18.1. The van der Waals surface area contributed by atoms with Crippen LogP contribution in [0, 0.1) is 12.7 Å². The van der Waals surface area contributed by atoms with E-state index in [0.717, 1.165) is 49.7 Å². The molecular formula is C27H28FN7O2. The molecule has 37 heavy (non-hydrogen) atoms. The van der Waals surface area contributed by atoms with Crippen molar-refractivity contribution in [3.8, 4) is 11.6 Å². The fourth-order valence-electron chi connectivity index (χ4n) is 4.70. The van der Waals surface area contributed by atoms with E-state index in [1.54, 1.807) is 17.0 Å². The molecule has 0 aliphatic carbocycles. The molecule has 6 rings (SSSR count). The standard InChI is InChI=1S/C27H28FN7O2/c1-17-15-20-21(32-17)7-8-22(24(20)28)37-26-23(27(36)35-11-2-12-35)25(30-16-31-26)33-18-3-5-19(6-4-18)34-13-9-29-10-14-34/h3-8,15-16,29,32H,2,9-14H2,1H3,(H,30,31,33). The number of halogens is 1. The van der Waals surface area contributed by atoms with E-state index >= 15 is 4.39 Å². The zero-order valence-electron chi connectivity index (χ0n) is 20.6. The summed E-state index contributed by atoms with van der Waals surface area (Å²) in [6.07, 6.45) is 2.25. The summed E-state index contributed by atoms with van der Waals surface area (Å²) < 4.78 is 21.2. The Labute approximate surface area is 213 Å². The molecule has 2 aliphatic heterocycles. The molecule has 0 bridgehead atoms. The number of H-pyrrole nitrogens is 1. The smallest absolute Gasteiger partial charge is 0.263 e.